The van der Waals surface area contributed by atoms with E-state index in [0.29, 0.717) is 0 Å². The van der Waals surface area contributed by atoms with Gasteiger partial charge in [-0.3, -0.25) is 0 Å². The molecule has 10 heavy (non-hydrogen) atoms. The molecule has 1 rings (SSSR count). The zero-order valence-corrected chi connectivity index (χ0v) is 7.37. The molecule has 1 aliphatic rings. The fourth-order valence-corrected chi connectivity index (χ4v) is 1.10. The van der Waals surface area contributed by atoms with Gasteiger partial charge in [0.25, 0.3) is 0 Å². The number of rotatable bonds is 1. The van der Waals surface area contributed by atoms with E-state index in [-0.39, 0.29) is 12.6 Å². The van der Waals surface area contributed by atoms with Gasteiger partial charge in [-0.15, -0.1) is 0 Å². The van der Waals surface area contributed by atoms with Crippen molar-refractivity contribution in [1.82, 2.24) is 5.32 Å². The van der Waals surface area contributed by atoms with E-state index in [2.05, 4.69) is 5.32 Å². The topological polar surface area (TPSA) is 32.3 Å². The van der Waals surface area contributed by atoms with E-state index in [4.69, 9.17) is 17.3 Å². The molecule has 0 aromatic rings. The summed E-state index contributed by atoms with van der Waals surface area (Å²) in [7, 11) is 0. The van der Waals surface area contributed by atoms with Gasteiger partial charge >= 0.3 is 0 Å². The molecule has 0 bridgehead atoms. The molecule has 1 heterocycles. The van der Waals surface area contributed by atoms with Gasteiger partial charge in [0.15, 0.2) is 0 Å². The van der Waals surface area contributed by atoms with Crippen molar-refractivity contribution >= 4 is 17.2 Å². The van der Waals surface area contributed by atoms with Crippen LogP contribution < -0.4 is 5.32 Å². The Balaban J connectivity index is 0.000000371. The van der Waals surface area contributed by atoms with Crippen LogP contribution >= 0.6 is 12.2 Å². The number of aliphatic hydroxyl groups excluding tert-OH is 1. The molecule has 1 fully saturated rings. The minimum absolute atomic E-state index is 0.208. The van der Waals surface area contributed by atoms with E-state index >= 15 is 0 Å². The SMILES string of the molecule is CC.OC[C@@H]1CCC(=S)N1. The Morgan fingerprint density at radius 3 is 2.50 bits per heavy atom. The molecule has 0 aromatic heterocycles. The van der Waals surface area contributed by atoms with Crippen LogP contribution in [0.15, 0.2) is 0 Å². The first kappa shape index (κ1) is 9.85. The molecule has 60 valence electrons. The van der Waals surface area contributed by atoms with Crippen molar-refractivity contribution in [2.24, 2.45) is 0 Å². The lowest BCUT2D eigenvalue weighted by Crippen LogP contribution is -2.27. The maximum atomic E-state index is 8.56. The van der Waals surface area contributed by atoms with Crippen molar-refractivity contribution < 1.29 is 5.11 Å². The van der Waals surface area contributed by atoms with E-state index in [1.165, 1.54) is 0 Å². The molecule has 0 unspecified atom stereocenters. The van der Waals surface area contributed by atoms with Gasteiger partial charge in [0.1, 0.15) is 0 Å². The van der Waals surface area contributed by atoms with E-state index in [9.17, 15) is 0 Å². The highest BCUT2D eigenvalue weighted by atomic mass is 32.1. The molecule has 1 atom stereocenters. The summed E-state index contributed by atoms with van der Waals surface area (Å²) in [6.07, 6.45) is 1.94. The molecule has 2 N–H and O–H groups in total. The minimum atomic E-state index is 0.208. The van der Waals surface area contributed by atoms with Crippen molar-refractivity contribution in [3.63, 3.8) is 0 Å². The summed E-state index contributed by atoms with van der Waals surface area (Å²) in [6.45, 7) is 4.21. The summed E-state index contributed by atoms with van der Waals surface area (Å²) in [4.78, 5) is 0.893. The molecule has 1 aliphatic heterocycles. The number of aliphatic hydroxyl groups is 1. The average Bonchev–Trinajstić information content (AvgIpc) is 2.40. The predicted molar refractivity (Wildman–Crippen MR) is 47.2 cm³/mol. The molecule has 0 aromatic carbocycles. The molecule has 2 nitrogen and oxygen atoms in total. The quantitative estimate of drug-likeness (QED) is 0.565. The van der Waals surface area contributed by atoms with Crippen LogP contribution in [0.5, 0.6) is 0 Å². The highest BCUT2D eigenvalue weighted by molar-refractivity contribution is 7.80. The maximum absolute atomic E-state index is 8.56. The first-order chi connectivity index (χ1) is 4.83. The van der Waals surface area contributed by atoms with Gasteiger partial charge < -0.3 is 10.4 Å². The van der Waals surface area contributed by atoms with Crippen LogP contribution in [-0.4, -0.2) is 22.7 Å². The lowest BCUT2D eigenvalue weighted by molar-refractivity contribution is 0.258. The molecule has 0 saturated carbocycles. The predicted octanol–water partition coefficient (Wildman–Crippen LogP) is 1.08. The number of hydrogen-bond donors (Lipinski definition) is 2. The zero-order valence-electron chi connectivity index (χ0n) is 6.55. The maximum Gasteiger partial charge on any atom is 0.0757 e. The third kappa shape index (κ3) is 3.13. The van der Waals surface area contributed by atoms with E-state index in [1.54, 1.807) is 0 Å². The van der Waals surface area contributed by atoms with Crippen molar-refractivity contribution in [3.8, 4) is 0 Å². The van der Waals surface area contributed by atoms with Gasteiger partial charge in [-0.2, -0.15) is 0 Å². The second kappa shape index (κ2) is 5.62. The fourth-order valence-electron chi connectivity index (χ4n) is 0.814. The number of thiocarbonyl (C=S) groups is 1. The number of hydrogen-bond acceptors (Lipinski definition) is 2. The van der Waals surface area contributed by atoms with Crippen LogP contribution in [0.25, 0.3) is 0 Å². The molecule has 0 radical (unpaired) electrons. The second-order valence-electron chi connectivity index (χ2n) is 1.99. The second-order valence-corrected chi connectivity index (χ2v) is 2.48. The first-order valence-corrected chi connectivity index (χ1v) is 4.14. The summed E-state index contributed by atoms with van der Waals surface area (Å²) in [6, 6.07) is 0.238. The molecule has 0 spiro atoms. The van der Waals surface area contributed by atoms with Crippen molar-refractivity contribution in [2.75, 3.05) is 6.61 Å². The van der Waals surface area contributed by atoms with E-state index in [0.717, 1.165) is 17.8 Å². The Morgan fingerprint density at radius 2 is 2.30 bits per heavy atom. The third-order valence-electron chi connectivity index (χ3n) is 1.31. The summed E-state index contributed by atoms with van der Waals surface area (Å²) >= 11 is 4.84. The molecular weight excluding hydrogens is 146 g/mol. The fraction of sp³-hybridized carbons (Fsp3) is 0.857. The summed E-state index contributed by atoms with van der Waals surface area (Å²) in [5.74, 6) is 0. The highest BCUT2D eigenvalue weighted by Crippen LogP contribution is 2.05. The van der Waals surface area contributed by atoms with Gasteiger partial charge in [0.2, 0.25) is 0 Å². The summed E-state index contributed by atoms with van der Waals surface area (Å²) in [5, 5.41) is 11.5. The Bertz CT molecular complexity index is 106. The largest absolute Gasteiger partial charge is 0.394 e. The van der Waals surface area contributed by atoms with Crippen LogP contribution in [0.1, 0.15) is 26.7 Å². The molecular formula is C7H15NOS. The Morgan fingerprint density at radius 1 is 1.70 bits per heavy atom. The highest BCUT2D eigenvalue weighted by Gasteiger charge is 2.15. The molecule has 1 saturated heterocycles. The lowest BCUT2D eigenvalue weighted by atomic mass is 10.2. The third-order valence-corrected chi connectivity index (χ3v) is 1.63. The molecule has 0 aliphatic carbocycles. The van der Waals surface area contributed by atoms with Gasteiger partial charge in [0.05, 0.1) is 17.6 Å². The van der Waals surface area contributed by atoms with E-state index < -0.39 is 0 Å². The lowest BCUT2D eigenvalue weighted by Gasteiger charge is -2.03. The minimum Gasteiger partial charge on any atom is -0.394 e. The van der Waals surface area contributed by atoms with Crippen LogP contribution in [-0.2, 0) is 0 Å². The molecule has 3 heteroatoms. The smallest absolute Gasteiger partial charge is 0.0757 e. The van der Waals surface area contributed by atoms with Crippen LogP contribution in [0.2, 0.25) is 0 Å². The number of nitrogens with one attached hydrogen (secondary N) is 1. The van der Waals surface area contributed by atoms with Gasteiger partial charge in [-0.25, -0.2) is 0 Å². The van der Waals surface area contributed by atoms with Crippen molar-refractivity contribution in [2.45, 2.75) is 32.7 Å². The van der Waals surface area contributed by atoms with Crippen LogP contribution in [0.4, 0.5) is 0 Å². The van der Waals surface area contributed by atoms with E-state index in [1.807, 2.05) is 13.8 Å². The Labute approximate surface area is 67.6 Å². The van der Waals surface area contributed by atoms with Gasteiger partial charge in [-0.05, 0) is 12.8 Å². The Kier molecular flexibility index (Phi) is 5.54. The van der Waals surface area contributed by atoms with Crippen LogP contribution in [0, 0.1) is 0 Å². The summed E-state index contributed by atoms with van der Waals surface area (Å²) < 4.78 is 0. The normalized spacial score (nSPS) is 23.1. The van der Waals surface area contributed by atoms with Crippen LogP contribution in [0.3, 0.4) is 0 Å². The zero-order chi connectivity index (χ0) is 7.98. The Hall–Kier alpha value is -0.150. The van der Waals surface area contributed by atoms with Gasteiger partial charge in [-0.1, -0.05) is 26.1 Å². The standard InChI is InChI=1S/C5H9NOS.C2H6/c7-3-4-1-2-5(8)6-4;1-2/h4,7H,1-3H2,(H,6,8);1-2H3/t4-;/m0./s1. The van der Waals surface area contributed by atoms with Crippen molar-refractivity contribution in [1.29, 1.82) is 0 Å². The van der Waals surface area contributed by atoms with Crippen molar-refractivity contribution in [3.05, 3.63) is 0 Å². The monoisotopic (exact) mass is 161 g/mol. The average molecular weight is 161 g/mol. The molecule has 0 amide bonds. The summed E-state index contributed by atoms with van der Waals surface area (Å²) in [5.41, 5.74) is 0. The first-order valence-electron chi connectivity index (χ1n) is 3.73. The van der Waals surface area contributed by atoms with Gasteiger partial charge in [0, 0.05) is 0 Å².